The van der Waals surface area contributed by atoms with Gasteiger partial charge in [0.05, 0.1) is 31.5 Å². The fourth-order valence-electron chi connectivity index (χ4n) is 4.91. The first-order valence-corrected chi connectivity index (χ1v) is 17.2. The van der Waals surface area contributed by atoms with Crippen LogP contribution in [0.15, 0.2) is 66.7 Å². The molecule has 272 valence electrons. The van der Waals surface area contributed by atoms with Gasteiger partial charge in [-0.25, -0.2) is 4.39 Å². The summed E-state index contributed by atoms with van der Waals surface area (Å²) in [5, 5.41) is 22.3. The van der Waals surface area contributed by atoms with Gasteiger partial charge in [0.1, 0.15) is 17.6 Å². The van der Waals surface area contributed by atoms with Crippen molar-refractivity contribution >= 4 is 11.8 Å². The maximum absolute atomic E-state index is 13.5. The summed E-state index contributed by atoms with van der Waals surface area (Å²) in [7, 11) is 1.65. The van der Waals surface area contributed by atoms with Gasteiger partial charge in [0.15, 0.2) is 0 Å². The van der Waals surface area contributed by atoms with Crippen LogP contribution in [0.5, 0.6) is 5.75 Å². The van der Waals surface area contributed by atoms with E-state index in [1.165, 1.54) is 12.1 Å². The highest BCUT2D eigenvalue weighted by atomic mass is 19.1. The van der Waals surface area contributed by atoms with Crippen molar-refractivity contribution in [1.82, 2.24) is 10.6 Å². The molecule has 0 aromatic heterocycles. The molecule has 0 aliphatic heterocycles. The van der Waals surface area contributed by atoms with E-state index in [0.717, 1.165) is 35.1 Å². The summed E-state index contributed by atoms with van der Waals surface area (Å²) < 4.78 is 30.5. The Morgan fingerprint density at radius 2 is 1.68 bits per heavy atom. The van der Waals surface area contributed by atoms with Crippen LogP contribution in [0, 0.1) is 23.1 Å². The first-order valence-electron chi connectivity index (χ1n) is 17.2. The van der Waals surface area contributed by atoms with Crippen molar-refractivity contribution in [2.45, 2.75) is 78.1 Å². The van der Waals surface area contributed by atoms with Crippen molar-refractivity contribution in [3.8, 4) is 22.9 Å². The summed E-state index contributed by atoms with van der Waals surface area (Å²) in [6.07, 6.45) is 2.86. The Morgan fingerprint density at radius 3 is 2.32 bits per heavy atom. The Bertz CT molecular complexity index is 1460. The van der Waals surface area contributed by atoms with Crippen molar-refractivity contribution in [2.24, 2.45) is 11.7 Å². The van der Waals surface area contributed by atoms with Crippen LogP contribution in [0.3, 0.4) is 0 Å². The number of hydrogen-bond donors (Lipinski definition) is 4. The Labute approximate surface area is 296 Å². The minimum Gasteiger partial charge on any atom is -0.493 e. The molecule has 0 saturated carbocycles. The van der Waals surface area contributed by atoms with Gasteiger partial charge in [-0.2, -0.15) is 5.26 Å². The number of nitrogens with one attached hydrogen (secondary N) is 2. The molecule has 50 heavy (non-hydrogen) atoms. The zero-order valence-electron chi connectivity index (χ0n) is 29.8. The maximum Gasteiger partial charge on any atom is 0.243 e. The van der Waals surface area contributed by atoms with Gasteiger partial charge in [0.2, 0.25) is 11.8 Å². The summed E-state index contributed by atoms with van der Waals surface area (Å²) in [5.41, 5.74) is 10.3. The number of benzene rings is 3. The Kier molecular flexibility index (Phi) is 20.0. The van der Waals surface area contributed by atoms with Crippen LogP contribution in [0.2, 0.25) is 0 Å². The number of carbonyl (C=O) groups excluding carboxylic acids is 2. The number of carbonyl (C=O) groups is 2. The summed E-state index contributed by atoms with van der Waals surface area (Å²) in [6.45, 7) is 7.87. The minimum absolute atomic E-state index is 0.0448. The molecule has 2 amide bonds. The number of halogens is 1. The third-order valence-corrected chi connectivity index (χ3v) is 7.89. The molecular formula is C39H53FN4O6. The lowest BCUT2D eigenvalue weighted by Crippen LogP contribution is -2.50. The van der Waals surface area contributed by atoms with E-state index < -0.39 is 6.04 Å². The standard InChI is InChI=1S/C37H47FN4O5.C2H6O/c1-4-26(2)36(37(44)41-23-28-11-9-27(22-39)10-12-28)42-35(43)8-5-7-32(40)25-46-24-29-13-18-33(30-14-16-31(38)17-15-30)34(21-29)47-20-6-19-45-3;1-2-3/h9-18,21,26,32,36H,4-8,19-20,23-25,40H2,1-3H3,(H,41,44)(H,42,43);3H,2H2,1H3. The molecule has 3 aromatic rings. The predicted molar refractivity (Wildman–Crippen MR) is 192 cm³/mol. The van der Waals surface area contributed by atoms with Crippen molar-refractivity contribution in [3.05, 3.63) is 89.2 Å². The van der Waals surface area contributed by atoms with Crippen LogP contribution in [0.25, 0.3) is 11.1 Å². The highest BCUT2D eigenvalue weighted by Gasteiger charge is 2.25. The normalized spacial score (nSPS) is 12.4. The first kappa shape index (κ1) is 41.8. The molecule has 3 aromatic carbocycles. The Balaban J connectivity index is 0.00000278. The van der Waals surface area contributed by atoms with E-state index in [1.807, 2.05) is 32.0 Å². The molecule has 0 bridgehead atoms. The summed E-state index contributed by atoms with van der Waals surface area (Å²) in [4.78, 5) is 25.7. The molecule has 0 heterocycles. The number of methoxy groups -OCH3 is 1. The largest absolute Gasteiger partial charge is 0.493 e. The molecule has 3 rings (SSSR count). The molecule has 3 atom stereocenters. The Morgan fingerprint density at radius 1 is 1.00 bits per heavy atom. The van der Waals surface area contributed by atoms with Crippen molar-refractivity contribution in [1.29, 1.82) is 5.26 Å². The number of nitrogens with zero attached hydrogens (tertiary/aromatic N) is 1. The van der Waals surface area contributed by atoms with Gasteiger partial charge in [0.25, 0.3) is 0 Å². The number of nitrogens with two attached hydrogens (primary N) is 1. The molecule has 0 aliphatic carbocycles. The SMILES string of the molecule is CCC(C)C(NC(=O)CCCC(N)COCc1ccc(-c2ccc(F)cc2)c(OCCCOC)c1)C(=O)NCc1ccc(C#N)cc1.CCO. The average molecular weight is 693 g/mol. The van der Waals surface area contributed by atoms with Crippen LogP contribution < -0.4 is 21.1 Å². The van der Waals surface area contributed by atoms with E-state index >= 15 is 0 Å². The van der Waals surface area contributed by atoms with Gasteiger partial charge in [-0.1, -0.05) is 56.7 Å². The second-order valence-corrected chi connectivity index (χ2v) is 12.0. The van der Waals surface area contributed by atoms with Crippen molar-refractivity contribution in [3.63, 3.8) is 0 Å². The third kappa shape index (κ3) is 15.5. The third-order valence-electron chi connectivity index (χ3n) is 7.89. The predicted octanol–water partition coefficient (Wildman–Crippen LogP) is 5.64. The van der Waals surface area contributed by atoms with E-state index in [9.17, 15) is 14.0 Å². The van der Waals surface area contributed by atoms with Crippen molar-refractivity contribution in [2.75, 3.05) is 33.5 Å². The lowest BCUT2D eigenvalue weighted by Gasteiger charge is -2.24. The number of rotatable bonds is 20. The minimum atomic E-state index is -0.647. The van der Waals surface area contributed by atoms with Crippen LogP contribution in [0.4, 0.5) is 4.39 Å². The first-order chi connectivity index (χ1) is 24.1. The fraction of sp³-hybridized carbons (Fsp3) is 0.462. The maximum atomic E-state index is 13.5. The molecule has 0 spiro atoms. The lowest BCUT2D eigenvalue weighted by molar-refractivity contribution is -0.130. The topological polar surface area (TPSA) is 156 Å². The molecule has 0 aliphatic rings. The van der Waals surface area contributed by atoms with E-state index in [4.69, 9.17) is 30.3 Å². The van der Waals surface area contributed by atoms with Crippen LogP contribution >= 0.6 is 0 Å². The zero-order valence-corrected chi connectivity index (χ0v) is 29.8. The van der Waals surface area contributed by atoms with Crippen LogP contribution in [-0.4, -0.2) is 62.5 Å². The van der Waals surface area contributed by atoms with E-state index in [1.54, 1.807) is 50.4 Å². The van der Waals surface area contributed by atoms with Crippen LogP contribution in [-0.2, 0) is 32.2 Å². The molecule has 5 N–H and O–H groups in total. The van der Waals surface area contributed by atoms with E-state index in [0.29, 0.717) is 57.1 Å². The van der Waals surface area contributed by atoms with Gasteiger partial charge < -0.3 is 35.7 Å². The molecule has 0 saturated heterocycles. The lowest BCUT2D eigenvalue weighted by atomic mass is 9.97. The highest BCUT2D eigenvalue weighted by molar-refractivity contribution is 5.87. The van der Waals surface area contributed by atoms with Gasteiger partial charge in [0, 0.05) is 51.3 Å². The van der Waals surface area contributed by atoms with Gasteiger partial charge in [-0.15, -0.1) is 0 Å². The number of ether oxygens (including phenoxy) is 3. The van der Waals surface area contributed by atoms with Crippen LogP contribution in [0.1, 0.15) is 69.6 Å². The smallest absolute Gasteiger partial charge is 0.243 e. The average Bonchev–Trinajstić information content (AvgIpc) is 3.12. The van der Waals surface area contributed by atoms with Crippen molar-refractivity contribution < 1.29 is 33.3 Å². The molecule has 0 radical (unpaired) electrons. The van der Waals surface area contributed by atoms with E-state index in [2.05, 4.69) is 16.7 Å². The van der Waals surface area contributed by atoms with Gasteiger partial charge in [-0.3, -0.25) is 9.59 Å². The fourth-order valence-corrected chi connectivity index (χ4v) is 4.91. The molecule has 0 fully saturated rings. The number of amides is 2. The van der Waals surface area contributed by atoms with Gasteiger partial charge >= 0.3 is 0 Å². The zero-order chi connectivity index (χ0) is 36.7. The number of aliphatic hydroxyl groups excluding tert-OH is 1. The second-order valence-electron chi connectivity index (χ2n) is 12.0. The van der Waals surface area contributed by atoms with E-state index in [-0.39, 0.29) is 42.6 Å². The monoisotopic (exact) mass is 692 g/mol. The molecular weight excluding hydrogens is 639 g/mol. The molecule has 11 heteroatoms. The molecule has 3 unspecified atom stereocenters. The summed E-state index contributed by atoms with van der Waals surface area (Å²) in [6, 6.07) is 20.3. The summed E-state index contributed by atoms with van der Waals surface area (Å²) >= 11 is 0. The highest BCUT2D eigenvalue weighted by Crippen LogP contribution is 2.32. The second kappa shape index (κ2) is 23.9. The Hall–Kier alpha value is -4.34. The number of aliphatic hydroxyl groups is 1. The number of hydrogen-bond acceptors (Lipinski definition) is 8. The quantitative estimate of drug-likeness (QED) is 0.111. The summed E-state index contributed by atoms with van der Waals surface area (Å²) in [5.74, 6) is -0.0969. The van der Waals surface area contributed by atoms with Gasteiger partial charge in [-0.05, 0) is 72.7 Å². The number of nitriles is 1. The molecule has 10 nitrogen and oxygen atoms in total.